The highest BCUT2D eigenvalue weighted by atomic mass is 14.3. The largest absolute Gasteiger partial charge is 0.0760 e. The third-order valence-electron chi connectivity index (χ3n) is 6.50. The first-order valence-corrected chi connectivity index (χ1v) is 10.3. The second kappa shape index (κ2) is 6.95. The predicted octanol–water partition coefficient (Wildman–Crippen LogP) is 7.01. The lowest BCUT2D eigenvalue weighted by molar-refractivity contribution is 0.796. The van der Waals surface area contributed by atoms with Crippen molar-refractivity contribution in [3.63, 3.8) is 0 Å². The maximum absolute atomic E-state index is 2.43. The van der Waals surface area contributed by atoms with Crippen LogP contribution >= 0.6 is 0 Å². The molecule has 0 spiro atoms. The predicted molar refractivity (Wildman–Crippen MR) is 120 cm³/mol. The fourth-order valence-electron chi connectivity index (χ4n) is 4.79. The number of hydrogen-bond donors (Lipinski definition) is 0. The zero-order valence-electron chi connectivity index (χ0n) is 16.7. The molecule has 28 heavy (non-hydrogen) atoms. The second-order valence-electron chi connectivity index (χ2n) is 8.30. The Labute approximate surface area is 168 Å². The smallest absolute Gasteiger partial charge is 0.00677 e. The molecule has 2 aliphatic rings. The van der Waals surface area contributed by atoms with Gasteiger partial charge in [0.05, 0.1) is 0 Å². The highest BCUT2D eigenvalue weighted by molar-refractivity contribution is 5.64. The lowest BCUT2D eigenvalue weighted by Gasteiger charge is -2.19. The third-order valence-corrected chi connectivity index (χ3v) is 6.50. The quantitative estimate of drug-likeness (QED) is 0.468. The van der Waals surface area contributed by atoms with Crippen LogP contribution in [-0.2, 0) is 12.8 Å². The number of fused-ring (bicyclic) bond motifs is 2. The van der Waals surface area contributed by atoms with Crippen LogP contribution in [0.2, 0.25) is 0 Å². The monoisotopic (exact) mass is 362 g/mol. The molecule has 2 aliphatic carbocycles. The number of allylic oxidation sites excluding steroid dienone is 2. The first-order chi connectivity index (χ1) is 13.7. The minimum Gasteiger partial charge on any atom is -0.0760 e. The summed E-state index contributed by atoms with van der Waals surface area (Å²) in [6, 6.07) is 22.5. The molecule has 0 aromatic heterocycles. The van der Waals surface area contributed by atoms with Crippen molar-refractivity contribution >= 4 is 12.2 Å². The molecule has 0 heterocycles. The Morgan fingerprint density at radius 1 is 0.607 bits per heavy atom. The van der Waals surface area contributed by atoms with Crippen LogP contribution in [0.15, 0.2) is 72.8 Å². The van der Waals surface area contributed by atoms with Gasteiger partial charge in [0, 0.05) is 11.8 Å². The first-order valence-electron chi connectivity index (χ1n) is 10.3. The van der Waals surface area contributed by atoms with E-state index in [0.717, 1.165) is 12.8 Å². The molecule has 2 atom stereocenters. The van der Waals surface area contributed by atoms with Crippen molar-refractivity contribution in [3.05, 3.63) is 117 Å². The highest BCUT2D eigenvalue weighted by Gasteiger charge is 2.22. The van der Waals surface area contributed by atoms with Crippen LogP contribution in [0.4, 0.5) is 0 Å². The summed E-state index contributed by atoms with van der Waals surface area (Å²) in [6.07, 6.45) is 11.5. The Morgan fingerprint density at radius 3 is 1.50 bits per heavy atom. The molecule has 138 valence electrons. The minimum absolute atomic E-state index is 0.489. The van der Waals surface area contributed by atoms with Crippen LogP contribution in [0.25, 0.3) is 12.2 Å². The van der Waals surface area contributed by atoms with Crippen LogP contribution in [0, 0.1) is 13.8 Å². The SMILES string of the molecule is Cc1cc(CC2C=Cc3ccccc32)c(CC2C=Cc3ccccc32)cc1C. The van der Waals surface area contributed by atoms with Gasteiger partial charge in [-0.05, 0) is 71.2 Å². The number of rotatable bonds is 4. The van der Waals surface area contributed by atoms with E-state index >= 15 is 0 Å². The Morgan fingerprint density at radius 2 is 1.04 bits per heavy atom. The van der Waals surface area contributed by atoms with Crippen molar-refractivity contribution < 1.29 is 0 Å². The molecule has 0 aliphatic heterocycles. The van der Waals surface area contributed by atoms with Gasteiger partial charge in [-0.15, -0.1) is 0 Å². The van der Waals surface area contributed by atoms with Crippen molar-refractivity contribution in [2.24, 2.45) is 0 Å². The van der Waals surface area contributed by atoms with Crippen LogP contribution in [0.3, 0.4) is 0 Å². The van der Waals surface area contributed by atoms with Gasteiger partial charge in [-0.2, -0.15) is 0 Å². The van der Waals surface area contributed by atoms with E-state index in [9.17, 15) is 0 Å². The molecule has 0 saturated heterocycles. The standard InChI is InChI=1S/C28H26/c1-19-15-25(17-23-13-11-21-7-3-5-9-27(21)23)26(16-20(19)2)18-24-14-12-22-8-4-6-10-28(22)24/h3-16,23-24H,17-18H2,1-2H3. The molecule has 2 unspecified atom stereocenters. The minimum atomic E-state index is 0.489. The first kappa shape index (κ1) is 17.3. The molecule has 5 rings (SSSR count). The number of aryl methyl sites for hydroxylation is 2. The molecule has 0 nitrogen and oxygen atoms in total. The van der Waals surface area contributed by atoms with Crippen LogP contribution in [-0.4, -0.2) is 0 Å². The van der Waals surface area contributed by atoms with Gasteiger partial charge >= 0.3 is 0 Å². The average molecular weight is 363 g/mol. The summed E-state index contributed by atoms with van der Waals surface area (Å²) in [5.41, 5.74) is 11.5. The maximum Gasteiger partial charge on any atom is 0.00677 e. The Balaban J connectivity index is 1.47. The average Bonchev–Trinajstić information content (AvgIpc) is 3.30. The molecule has 0 bridgehead atoms. The van der Waals surface area contributed by atoms with E-state index in [0.29, 0.717) is 11.8 Å². The van der Waals surface area contributed by atoms with E-state index in [-0.39, 0.29) is 0 Å². The van der Waals surface area contributed by atoms with Gasteiger partial charge in [0.25, 0.3) is 0 Å². The molecule has 0 saturated carbocycles. The van der Waals surface area contributed by atoms with Gasteiger partial charge in [-0.3, -0.25) is 0 Å². The summed E-state index contributed by atoms with van der Waals surface area (Å²) in [5.74, 6) is 0.979. The summed E-state index contributed by atoms with van der Waals surface area (Å²) < 4.78 is 0. The molecule has 3 aromatic rings. The summed E-state index contributed by atoms with van der Waals surface area (Å²) in [4.78, 5) is 0. The van der Waals surface area contributed by atoms with Gasteiger partial charge in [0.1, 0.15) is 0 Å². The van der Waals surface area contributed by atoms with Crippen LogP contribution in [0.1, 0.15) is 56.3 Å². The van der Waals surface area contributed by atoms with E-state index in [1.54, 1.807) is 0 Å². The lowest BCUT2D eigenvalue weighted by Crippen LogP contribution is -2.06. The number of hydrogen-bond acceptors (Lipinski definition) is 0. The Kier molecular flexibility index (Phi) is 4.28. The van der Waals surface area contributed by atoms with E-state index < -0.39 is 0 Å². The Hall–Kier alpha value is -2.86. The second-order valence-corrected chi connectivity index (χ2v) is 8.30. The van der Waals surface area contributed by atoms with Gasteiger partial charge in [0.15, 0.2) is 0 Å². The molecular formula is C28H26. The van der Waals surface area contributed by atoms with Crippen LogP contribution < -0.4 is 0 Å². The molecule has 0 fully saturated rings. The van der Waals surface area contributed by atoms with E-state index in [2.05, 4.69) is 98.8 Å². The summed E-state index contributed by atoms with van der Waals surface area (Å²) in [6.45, 7) is 4.48. The number of benzene rings is 3. The zero-order valence-corrected chi connectivity index (χ0v) is 16.7. The summed E-state index contributed by atoms with van der Waals surface area (Å²) >= 11 is 0. The molecule has 3 aromatic carbocycles. The van der Waals surface area contributed by atoms with E-state index in [1.165, 1.54) is 44.5 Å². The maximum atomic E-state index is 2.43. The fourth-order valence-corrected chi connectivity index (χ4v) is 4.79. The normalized spacial score (nSPS) is 19.1. The van der Waals surface area contributed by atoms with Gasteiger partial charge in [-0.1, -0.05) is 85.0 Å². The highest BCUT2D eigenvalue weighted by Crippen LogP contribution is 2.37. The van der Waals surface area contributed by atoms with Crippen molar-refractivity contribution in [2.45, 2.75) is 38.5 Å². The van der Waals surface area contributed by atoms with Crippen molar-refractivity contribution in [2.75, 3.05) is 0 Å². The molecule has 0 radical (unpaired) electrons. The molecule has 0 amide bonds. The molecular weight excluding hydrogens is 336 g/mol. The van der Waals surface area contributed by atoms with Gasteiger partial charge in [-0.25, -0.2) is 0 Å². The molecule has 0 heteroatoms. The Bertz CT molecular complexity index is 1010. The van der Waals surface area contributed by atoms with Crippen molar-refractivity contribution in [1.82, 2.24) is 0 Å². The van der Waals surface area contributed by atoms with Crippen LogP contribution in [0.5, 0.6) is 0 Å². The van der Waals surface area contributed by atoms with Crippen molar-refractivity contribution in [1.29, 1.82) is 0 Å². The fraction of sp³-hybridized carbons (Fsp3) is 0.214. The summed E-state index contributed by atoms with van der Waals surface area (Å²) in [7, 11) is 0. The van der Waals surface area contributed by atoms with Gasteiger partial charge in [0.2, 0.25) is 0 Å². The summed E-state index contributed by atoms with van der Waals surface area (Å²) in [5, 5.41) is 0. The van der Waals surface area contributed by atoms with Crippen molar-refractivity contribution in [3.8, 4) is 0 Å². The lowest BCUT2D eigenvalue weighted by atomic mass is 9.85. The van der Waals surface area contributed by atoms with E-state index in [4.69, 9.17) is 0 Å². The van der Waals surface area contributed by atoms with E-state index in [1.807, 2.05) is 0 Å². The third kappa shape index (κ3) is 3.03. The topological polar surface area (TPSA) is 0 Å². The van der Waals surface area contributed by atoms with Gasteiger partial charge < -0.3 is 0 Å². The molecule has 0 N–H and O–H groups in total. The zero-order chi connectivity index (χ0) is 19.1.